The zero-order chi connectivity index (χ0) is 19.1. The van der Waals surface area contributed by atoms with Crippen molar-refractivity contribution in [2.24, 2.45) is 5.92 Å². The number of likely N-dealkylation sites (tertiary alicyclic amines) is 1. The van der Waals surface area contributed by atoms with Gasteiger partial charge in [0.2, 0.25) is 5.91 Å². The van der Waals surface area contributed by atoms with Gasteiger partial charge in [-0.1, -0.05) is 48.5 Å². The Bertz CT molecular complexity index is 776. The third kappa shape index (κ3) is 5.66. The van der Waals surface area contributed by atoms with Gasteiger partial charge in [0.05, 0.1) is 12.3 Å². The van der Waals surface area contributed by atoms with E-state index >= 15 is 0 Å². The zero-order valence-electron chi connectivity index (χ0n) is 15.4. The van der Waals surface area contributed by atoms with E-state index < -0.39 is 5.97 Å². The highest BCUT2D eigenvalue weighted by molar-refractivity contribution is 5.94. The molecule has 1 amide bonds. The smallest absolute Gasteiger partial charge is 0.307 e. The van der Waals surface area contributed by atoms with E-state index in [1.807, 2.05) is 12.1 Å². The van der Waals surface area contributed by atoms with Crippen LogP contribution in [0.2, 0.25) is 0 Å². The Morgan fingerprint density at radius 2 is 1.81 bits per heavy atom. The zero-order valence-corrected chi connectivity index (χ0v) is 15.4. The number of hydrogen-bond acceptors (Lipinski definition) is 3. The Balaban J connectivity index is 1.56. The second-order valence-corrected chi connectivity index (χ2v) is 7.09. The summed E-state index contributed by atoms with van der Waals surface area (Å²) in [6, 6.07) is 17.5. The minimum absolute atomic E-state index is 0.0164. The van der Waals surface area contributed by atoms with Crippen molar-refractivity contribution in [1.29, 1.82) is 0 Å². The summed E-state index contributed by atoms with van der Waals surface area (Å²) < 4.78 is 0. The second-order valence-electron chi connectivity index (χ2n) is 7.09. The summed E-state index contributed by atoms with van der Waals surface area (Å²) in [5.41, 5.74) is 2.55. The molecule has 1 aliphatic heterocycles. The lowest BCUT2D eigenvalue weighted by molar-refractivity contribution is -0.136. The third-order valence-electron chi connectivity index (χ3n) is 5.05. The lowest BCUT2D eigenvalue weighted by Gasteiger charge is -2.32. The molecule has 1 fully saturated rings. The number of anilines is 1. The Morgan fingerprint density at radius 3 is 2.59 bits per heavy atom. The van der Waals surface area contributed by atoms with Crippen LogP contribution < -0.4 is 5.32 Å². The molecule has 5 nitrogen and oxygen atoms in total. The van der Waals surface area contributed by atoms with E-state index in [0.29, 0.717) is 11.3 Å². The molecule has 3 rings (SSSR count). The lowest BCUT2D eigenvalue weighted by Crippen LogP contribution is -2.41. The molecule has 2 N–H and O–H groups in total. The normalized spacial score (nSPS) is 17.4. The van der Waals surface area contributed by atoms with Crippen LogP contribution in [-0.4, -0.2) is 41.5 Å². The van der Waals surface area contributed by atoms with Gasteiger partial charge in [0.1, 0.15) is 0 Å². The molecule has 5 heteroatoms. The van der Waals surface area contributed by atoms with E-state index in [1.54, 1.807) is 18.2 Å². The Morgan fingerprint density at radius 1 is 1.07 bits per heavy atom. The summed E-state index contributed by atoms with van der Waals surface area (Å²) in [7, 11) is 0. The van der Waals surface area contributed by atoms with Crippen molar-refractivity contribution in [3.63, 3.8) is 0 Å². The number of nitrogens with zero attached hydrogens (tertiary/aromatic N) is 1. The van der Waals surface area contributed by atoms with Crippen molar-refractivity contribution in [2.75, 3.05) is 25.0 Å². The van der Waals surface area contributed by atoms with Crippen LogP contribution in [0.1, 0.15) is 24.0 Å². The van der Waals surface area contributed by atoms with Crippen LogP contribution in [0.25, 0.3) is 0 Å². The SMILES string of the molecule is O=C(O)Cc1ccccc1NC(=O)C1CCCN(CCc2ccccc2)C1. The highest BCUT2D eigenvalue weighted by Crippen LogP contribution is 2.21. The fourth-order valence-electron chi connectivity index (χ4n) is 3.60. The molecule has 2 aromatic rings. The number of rotatable bonds is 7. The molecule has 0 spiro atoms. The van der Waals surface area contributed by atoms with Gasteiger partial charge in [-0.05, 0) is 43.0 Å². The molecule has 0 aromatic heterocycles. The fraction of sp³-hybridized carbons (Fsp3) is 0.364. The quantitative estimate of drug-likeness (QED) is 0.789. The molecule has 2 aromatic carbocycles. The molecular weight excluding hydrogens is 340 g/mol. The first-order valence-electron chi connectivity index (χ1n) is 9.48. The molecule has 0 aliphatic carbocycles. The van der Waals surface area contributed by atoms with Crippen molar-refractivity contribution in [2.45, 2.75) is 25.7 Å². The number of amides is 1. The van der Waals surface area contributed by atoms with Crippen molar-refractivity contribution >= 4 is 17.6 Å². The van der Waals surface area contributed by atoms with Gasteiger partial charge in [-0.3, -0.25) is 9.59 Å². The number of benzene rings is 2. The van der Waals surface area contributed by atoms with Crippen LogP contribution in [0, 0.1) is 5.92 Å². The molecule has 1 heterocycles. The highest BCUT2D eigenvalue weighted by atomic mass is 16.4. The molecule has 1 saturated heterocycles. The van der Waals surface area contributed by atoms with E-state index in [1.165, 1.54) is 5.56 Å². The summed E-state index contributed by atoms with van der Waals surface area (Å²) in [6.45, 7) is 2.72. The maximum Gasteiger partial charge on any atom is 0.307 e. The lowest BCUT2D eigenvalue weighted by atomic mass is 9.96. The molecule has 0 radical (unpaired) electrons. The Hall–Kier alpha value is -2.66. The van der Waals surface area contributed by atoms with Gasteiger partial charge in [-0.25, -0.2) is 0 Å². The number of carbonyl (C=O) groups is 2. The third-order valence-corrected chi connectivity index (χ3v) is 5.05. The van der Waals surface area contributed by atoms with Crippen molar-refractivity contribution in [1.82, 2.24) is 4.90 Å². The molecule has 0 saturated carbocycles. The van der Waals surface area contributed by atoms with Crippen LogP contribution in [-0.2, 0) is 22.4 Å². The molecule has 142 valence electrons. The van der Waals surface area contributed by atoms with Gasteiger partial charge >= 0.3 is 5.97 Å². The predicted molar refractivity (Wildman–Crippen MR) is 106 cm³/mol. The molecule has 1 unspecified atom stereocenters. The largest absolute Gasteiger partial charge is 0.481 e. The molecular formula is C22H26N2O3. The molecule has 0 bridgehead atoms. The van der Waals surface area contributed by atoms with Crippen LogP contribution in [0.5, 0.6) is 0 Å². The van der Waals surface area contributed by atoms with Gasteiger partial charge in [0.15, 0.2) is 0 Å². The Kier molecular flexibility index (Phi) is 6.60. The average molecular weight is 366 g/mol. The molecule has 1 aliphatic rings. The average Bonchev–Trinajstić information content (AvgIpc) is 2.68. The number of hydrogen-bond donors (Lipinski definition) is 2. The first kappa shape index (κ1) is 19.1. The van der Waals surface area contributed by atoms with E-state index in [-0.39, 0.29) is 18.2 Å². The monoisotopic (exact) mass is 366 g/mol. The van der Waals surface area contributed by atoms with E-state index in [9.17, 15) is 9.59 Å². The first-order valence-corrected chi connectivity index (χ1v) is 9.48. The van der Waals surface area contributed by atoms with Crippen molar-refractivity contribution < 1.29 is 14.7 Å². The van der Waals surface area contributed by atoms with E-state index in [2.05, 4.69) is 34.5 Å². The fourth-order valence-corrected chi connectivity index (χ4v) is 3.60. The van der Waals surface area contributed by atoms with Crippen LogP contribution in [0.4, 0.5) is 5.69 Å². The van der Waals surface area contributed by atoms with Crippen molar-refractivity contribution in [3.8, 4) is 0 Å². The number of para-hydroxylation sites is 1. The van der Waals surface area contributed by atoms with Gasteiger partial charge in [0.25, 0.3) is 0 Å². The molecule has 27 heavy (non-hydrogen) atoms. The predicted octanol–water partition coefficient (Wildman–Crippen LogP) is 3.21. The minimum atomic E-state index is -0.901. The highest BCUT2D eigenvalue weighted by Gasteiger charge is 2.26. The van der Waals surface area contributed by atoms with Crippen molar-refractivity contribution in [3.05, 3.63) is 65.7 Å². The van der Waals surface area contributed by atoms with Crippen LogP contribution in [0.15, 0.2) is 54.6 Å². The first-order chi connectivity index (χ1) is 13.1. The summed E-state index contributed by atoms with van der Waals surface area (Å²) in [5, 5.41) is 12.0. The Labute approximate surface area is 160 Å². The summed E-state index contributed by atoms with van der Waals surface area (Å²) in [5.74, 6) is -0.980. The van der Waals surface area contributed by atoms with Gasteiger partial charge in [-0.15, -0.1) is 0 Å². The number of nitrogens with one attached hydrogen (secondary N) is 1. The number of piperidine rings is 1. The van der Waals surface area contributed by atoms with Gasteiger partial charge in [0, 0.05) is 18.8 Å². The molecule has 1 atom stereocenters. The van der Waals surface area contributed by atoms with E-state index in [4.69, 9.17) is 5.11 Å². The maximum atomic E-state index is 12.7. The van der Waals surface area contributed by atoms with E-state index in [0.717, 1.165) is 38.9 Å². The van der Waals surface area contributed by atoms with Gasteiger partial charge < -0.3 is 15.3 Å². The minimum Gasteiger partial charge on any atom is -0.481 e. The number of carboxylic acid groups (broad SMARTS) is 1. The van der Waals surface area contributed by atoms with Crippen LogP contribution in [0.3, 0.4) is 0 Å². The summed E-state index contributed by atoms with van der Waals surface area (Å²) in [4.78, 5) is 26.1. The maximum absolute atomic E-state index is 12.7. The van der Waals surface area contributed by atoms with Crippen LogP contribution >= 0.6 is 0 Å². The van der Waals surface area contributed by atoms with Gasteiger partial charge in [-0.2, -0.15) is 0 Å². The second kappa shape index (κ2) is 9.33. The number of aliphatic carboxylic acids is 1. The topological polar surface area (TPSA) is 69.6 Å². The summed E-state index contributed by atoms with van der Waals surface area (Å²) >= 11 is 0. The number of carboxylic acids is 1. The number of carbonyl (C=O) groups excluding carboxylic acids is 1. The summed E-state index contributed by atoms with van der Waals surface area (Å²) in [6.07, 6.45) is 2.76. The standard InChI is InChI=1S/C22H26N2O3/c25-21(26)15-18-9-4-5-11-20(18)23-22(27)19-10-6-13-24(16-19)14-12-17-7-2-1-3-8-17/h1-5,7-9,11,19H,6,10,12-16H2,(H,23,27)(H,25,26).